The summed E-state index contributed by atoms with van der Waals surface area (Å²) in [6.07, 6.45) is 18.9. The molecule has 0 bridgehead atoms. The van der Waals surface area contributed by atoms with Crippen LogP contribution in [0.25, 0.3) is 0 Å². The van der Waals surface area contributed by atoms with Crippen molar-refractivity contribution < 1.29 is 0 Å². The molecule has 0 saturated heterocycles. The summed E-state index contributed by atoms with van der Waals surface area (Å²) in [6, 6.07) is 0. The predicted octanol–water partition coefficient (Wildman–Crippen LogP) is 7.63. The molecule has 0 unspecified atom stereocenters. The molecule has 0 aliphatic heterocycles. The monoisotopic (exact) mass is 412 g/mol. The SMILES string of the molecule is CCCCP(Br)(Br)(C1CCCCC1)C1CCCCC1. The first kappa shape index (κ1) is 16.8. The molecular formula is C16H31Br2P. The number of hydrogen-bond donors (Lipinski definition) is 0. The molecule has 2 fully saturated rings. The Bertz CT molecular complexity index is 256. The van der Waals surface area contributed by atoms with E-state index in [2.05, 4.69) is 37.9 Å². The Morgan fingerprint density at radius 1 is 0.789 bits per heavy atom. The van der Waals surface area contributed by atoms with Crippen LogP contribution in [-0.2, 0) is 0 Å². The van der Waals surface area contributed by atoms with E-state index in [0.29, 0.717) is 0 Å². The topological polar surface area (TPSA) is 0 Å². The third-order valence-corrected chi connectivity index (χ3v) is 19.8. The molecule has 0 nitrogen and oxygen atoms in total. The van der Waals surface area contributed by atoms with Crippen LogP contribution in [0.5, 0.6) is 0 Å². The summed E-state index contributed by atoms with van der Waals surface area (Å²) in [5, 5.41) is 0. The van der Waals surface area contributed by atoms with Crippen LogP contribution in [0.3, 0.4) is 0 Å². The van der Waals surface area contributed by atoms with Crippen molar-refractivity contribution in [2.24, 2.45) is 0 Å². The van der Waals surface area contributed by atoms with Crippen LogP contribution in [-0.4, -0.2) is 17.5 Å². The quantitative estimate of drug-likeness (QED) is 0.406. The van der Waals surface area contributed by atoms with Gasteiger partial charge in [0.2, 0.25) is 0 Å². The average Bonchev–Trinajstić information content (AvgIpc) is 2.47. The third-order valence-electron chi connectivity index (χ3n) is 5.58. The van der Waals surface area contributed by atoms with Crippen molar-refractivity contribution in [3.63, 3.8) is 0 Å². The normalized spacial score (nSPS) is 25.9. The Labute approximate surface area is 136 Å². The van der Waals surface area contributed by atoms with Gasteiger partial charge in [0, 0.05) is 0 Å². The van der Waals surface area contributed by atoms with Gasteiger partial charge in [-0.3, -0.25) is 0 Å². The van der Waals surface area contributed by atoms with Gasteiger partial charge in [0.15, 0.2) is 0 Å². The second kappa shape index (κ2) is 7.10. The van der Waals surface area contributed by atoms with Crippen molar-refractivity contribution in [3.8, 4) is 0 Å². The van der Waals surface area contributed by atoms with E-state index in [1.54, 1.807) is 0 Å². The summed E-state index contributed by atoms with van der Waals surface area (Å²) in [6.45, 7) is 2.35. The van der Waals surface area contributed by atoms with Crippen molar-refractivity contribution >= 4 is 35.0 Å². The zero-order valence-corrected chi connectivity index (χ0v) is 16.6. The fourth-order valence-corrected chi connectivity index (χ4v) is 15.8. The van der Waals surface area contributed by atoms with Crippen LogP contribution >= 0.6 is 35.0 Å². The molecule has 0 spiro atoms. The summed E-state index contributed by atoms with van der Waals surface area (Å²) in [5.41, 5.74) is 1.93. The van der Waals surface area contributed by atoms with Gasteiger partial charge in [0.25, 0.3) is 0 Å². The zero-order valence-electron chi connectivity index (χ0n) is 12.6. The van der Waals surface area contributed by atoms with Crippen molar-refractivity contribution in [2.75, 3.05) is 6.16 Å². The maximum atomic E-state index is 4.46. The molecule has 0 aromatic carbocycles. The molecule has 0 radical (unpaired) electrons. The van der Waals surface area contributed by atoms with Gasteiger partial charge in [-0.05, 0) is 0 Å². The minimum absolute atomic E-state index is 0.967. The summed E-state index contributed by atoms with van der Waals surface area (Å²) in [5.74, 6) is 0. The van der Waals surface area contributed by atoms with E-state index in [0.717, 1.165) is 11.3 Å². The fraction of sp³-hybridized carbons (Fsp3) is 1.00. The number of rotatable bonds is 5. The fourth-order valence-electron chi connectivity index (χ4n) is 4.34. The average molecular weight is 414 g/mol. The van der Waals surface area contributed by atoms with Crippen LogP contribution < -0.4 is 0 Å². The summed E-state index contributed by atoms with van der Waals surface area (Å²) >= 11 is 8.92. The van der Waals surface area contributed by atoms with Gasteiger partial charge in [-0.2, -0.15) is 0 Å². The van der Waals surface area contributed by atoms with E-state index >= 15 is 0 Å². The van der Waals surface area contributed by atoms with Crippen LogP contribution in [0.4, 0.5) is 0 Å². The van der Waals surface area contributed by atoms with Crippen molar-refractivity contribution in [1.82, 2.24) is 0 Å². The molecule has 114 valence electrons. The third kappa shape index (κ3) is 3.78. The van der Waals surface area contributed by atoms with E-state index in [9.17, 15) is 0 Å². The molecular weight excluding hydrogens is 383 g/mol. The van der Waals surface area contributed by atoms with Crippen molar-refractivity contribution in [2.45, 2.75) is 95.3 Å². The standard InChI is InChI=1S/C16H31Br2P/c1-2-3-14-19(17,18,15-10-6-4-7-11-15)16-12-8-5-9-13-16/h15-16H,2-14H2,1H3. The minimum atomic E-state index is -1.83. The molecule has 2 rings (SSSR count). The number of hydrogen-bond acceptors (Lipinski definition) is 0. The molecule has 0 amide bonds. The first-order valence-electron chi connectivity index (χ1n) is 8.51. The Morgan fingerprint density at radius 3 is 1.58 bits per heavy atom. The maximum absolute atomic E-state index is 4.46. The Morgan fingerprint density at radius 2 is 1.21 bits per heavy atom. The zero-order chi connectivity index (χ0) is 13.8. The predicted molar refractivity (Wildman–Crippen MR) is 98.3 cm³/mol. The molecule has 0 atom stereocenters. The van der Waals surface area contributed by atoms with Gasteiger partial charge in [-0.1, -0.05) is 0 Å². The van der Waals surface area contributed by atoms with Gasteiger partial charge < -0.3 is 0 Å². The van der Waals surface area contributed by atoms with E-state index < -0.39 is 4.01 Å². The summed E-state index contributed by atoms with van der Waals surface area (Å²) in [7, 11) is 0. The van der Waals surface area contributed by atoms with Gasteiger partial charge in [0.05, 0.1) is 0 Å². The van der Waals surface area contributed by atoms with Crippen molar-refractivity contribution in [3.05, 3.63) is 0 Å². The molecule has 2 saturated carbocycles. The first-order valence-corrected chi connectivity index (χ1v) is 15.1. The Kier molecular flexibility index (Phi) is 6.26. The first-order chi connectivity index (χ1) is 9.07. The van der Waals surface area contributed by atoms with E-state index in [1.165, 1.54) is 83.2 Å². The Balaban J connectivity index is 2.18. The molecule has 0 N–H and O–H groups in total. The van der Waals surface area contributed by atoms with E-state index in [1.807, 2.05) is 0 Å². The second-order valence-corrected chi connectivity index (χ2v) is 24.1. The van der Waals surface area contributed by atoms with Gasteiger partial charge in [-0.25, -0.2) is 0 Å². The number of unbranched alkanes of at least 4 members (excludes halogenated alkanes) is 1. The molecule has 0 heterocycles. The van der Waals surface area contributed by atoms with Gasteiger partial charge in [-0.15, -0.1) is 0 Å². The van der Waals surface area contributed by atoms with Crippen molar-refractivity contribution in [1.29, 1.82) is 0 Å². The van der Waals surface area contributed by atoms with Gasteiger partial charge >= 0.3 is 136 Å². The molecule has 2 aliphatic carbocycles. The molecule has 0 aromatic rings. The van der Waals surface area contributed by atoms with Crippen LogP contribution in [0.15, 0.2) is 0 Å². The molecule has 3 heteroatoms. The molecule has 0 aromatic heterocycles. The van der Waals surface area contributed by atoms with E-state index in [-0.39, 0.29) is 0 Å². The summed E-state index contributed by atoms with van der Waals surface area (Å²) in [4.78, 5) is 0. The van der Waals surface area contributed by atoms with Gasteiger partial charge in [0.1, 0.15) is 0 Å². The van der Waals surface area contributed by atoms with E-state index in [4.69, 9.17) is 0 Å². The molecule has 19 heavy (non-hydrogen) atoms. The van der Waals surface area contributed by atoms with Crippen LogP contribution in [0.2, 0.25) is 0 Å². The second-order valence-electron chi connectivity index (χ2n) is 6.87. The Hall–Kier alpha value is 1.39. The summed E-state index contributed by atoms with van der Waals surface area (Å²) < 4.78 is -1.83. The van der Waals surface area contributed by atoms with Crippen LogP contribution in [0.1, 0.15) is 84.0 Å². The number of halogens is 2. The molecule has 2 aliphatic rings. The van der Waals surface area contributed by atoms with Crippen LogP contribution in [0, 0.1) is 0 Å².